The van der Waals surface area contributed by atoms with Crippen LogP contribution in [0.1, 0.15) is 24.8 Å². The molecule has 0 fully saturated rings. The molecule has 0 bridgehead atoms. The Bertz CT molecular complexity index is 1100. The van der Waals surface area contributed by atoms with E-state index in [2.05, 4.69) is 62.5 Å². The quantitative estimate of drug-likeness (QED) is 0.528. The van der Waals surface area contributed by atoms with Crippen molar-refractivity contribution < 1.29 is 0 Å². The molecule has 0 aliphatic carbocycles. The van der Waals surface area contributed by atoms with Gasteiger partial charge >= 0.3 is 0 Å². The Balaban J connectivity index is 1.82. The van der Waals surface area contributed by atoms with Crippen LogP contribution < -0.4 is 0 Å². The molecule has 27 heavy (non-hydrogen) atoms. The van der Waals surface area contributed by atoms with Crippen molar-refractivity contribution in [2.75, 3.05) is 0 Å². The smallest absolute Gasteiger partial charge is 0.141 e. The van der Waals surface area contributed by atoms with Gasteiger partial charge in [-0.2, -0.15) is 5.26 Å². The van der Waals surface area contributed by atoms with Crippen LogP contribution in [0.2, 0.25) is 0 Å². The zero-order valence-electron chi connectivity index (χ0n) is 15.1. The summed E-state index contributed by atoms with van der Waals surface area (Å²) in [5.41, 5.74) is 5.46. The first-order chi connectivity index (χ1) is 13.3. The third kappa shape index (κ3) is 3.29. The minimum atomic E-state index is 0.553. The second kappa shape index (κ2) is 7.38. The molecule has 7 nitrogen and oxygen atoms in total. The number of fused-ring (bicyclic) bond motifs is 1. The number of aryl methyl sites for hydroxylation is 2. The van der Waals surface area contributed by atoms with Crippen molar-refractivity contribution in [3.05, 3.63) is 48.4 Å². The number of aromatic nitrogens is 6. The van der Waals surface area contributed by atoms with Gasteiger partial charge in [-0.15, -0.1) is 5.10 Å². The fourth-order valence-corrected chi connectivity index (χ4v) is 3.15. The van der Waals surface area contributed by atoms with Crippen LogP contribution in [0.15, 0.2) is 42.9 Å². The number of rotatable bonds is 6. The van der Waals surface area contributed by atoms with Crippen molar-refractivity contribution in [1.82, 2.24) is 29.9 Å². The summed E-state index contributed by atoms with van der Waals surface area (Å²) in [4.78, 5) is 11.9. The van der Waals surface area contributed by atoms with E-state index in [4.69, 9.17) is 5.26 Å². The number of unbranched alkanes of at least 4 members (excludes halogenated alkanes) is 2. The molecule has 0 saturated heterocycles. The lowest BCUT2D eigenvalue weighted by Gasteiger charge is -2.09. The highest BCUT2D eigenvalue weighted by Crippen LogP contribution is 2.32. The predicted octanol–water partition coefficient (Wildman–Crippen LogP) is 3.89. The second-order valence-electron chi connectivity index (χ2n) is 6.45. The molecule has 1 N–H and O–H groups in total. The minimum absolute atomic E-state index is 0.553. The zero-order chi connectivity index (χ0) is 18.6. The molecule has 0 aliphatic rings. The van der Waals surface area contributed by atoms with Crippen molar-refractivity contribution in [2.24, 2.45) is 0 Å². The topological polar surface area (TPSA) is 96.1 Å². The van der Waals surface area contributed by atoms with Gasteiger partial charge < -0.3 is 4.98 Å². The fourth-order valence-electron chi connectivity index (χ4n) is 3.15. The molecule has 3 aromatic heterocycles. The van der Waals surface area contributed by atoms with Crippen LogP contribution in [0.25, 0.3) is 33.7 Å². The second-order valence-corrected chi connectivity index (χ2v) is 6.45. The molecule has 0 amide bonds. The van der Waals surface area contributed by atoms with Gasteiger partial charge in [0.15, 0.2) is 0 Å². The number of hydrogen-bond acceptors (Lipinski definition) is 5. The van der Waals surface area contributed by atoms with E-state index in [9.17, 15) is 0 Å². The van der Waals surface area contributed by atoms with Crippen LogP contribution in [0.5, 0.6) is 0 Å². The molecule has 0 atom stereocenters. The van der Waals surface area contributed by atoms with E-state index < -0.39 is 0 Å². The first kappa shape index (κ1) is 16.9. The Morgan fingerprint density at radius 1 is 1.07 bits per heavy atom. The molecular formula is C20H19N7. The summed E-state index contributed by atoms with van der Waals surface area (Å²) >= 11 is 0. The average molecular weight is 357 g/mol. The Morgan fingerprint density at radius 3 is 2.74 bits per heavy atom. The van der Waals surface area contributed by atoms with Gasteiger partial charge in [0.05, 0.1) is 11.8 Å². The van der Waals surface area contributed by atoms with E-state index in [1.807, 2.05) is 16.9 Å². The SMILES string of the molecule is Cc1ccc(-c2c(-c3ncnc4[nH]ccc34)nnn2CCCCC#N)cc1. The van der Waals surface area contributed by atoms with Crippen molar-refractivity contribution in [3.63, 3.8) is 0 Å². The summed E-state index contributed by atoms with van der Waals surface area (Å²) in [6.07, 6.45) is 5.66. The van der Waals surface area contributed by atoms with Gasteiger partial charge in [0.25, 0.3) is 0 Å². The summed E-state index contributed by atoms with van der Waals surface area (Å²) in [6, 6.07) is 12.5. The van der Waals surface area contributed by atoms with Gasteiger partial charge in [0.1, 0.15) is 23.4 Å². The Kier molecular flexibility index (Phi) is 4.62. The van der Waals surface area contributed by atoms with Crippen LogP contribution in [0.4, 0.5) is 0 Å². The molecule has 4 aromatic rings. The summed E-state index contributed by atoms with van der Waals surface area (Å²) in [6.45, 7) is 2.77. The zero-order valence-corrected chi connectivity index (χ0v) is 15.1. The molecule has 0 spiro atoms. The number of hydrogen-bond donors (Lipinski definition) is 1. The average Bonchev–Trinajstić information content (AvgIpc) is 3.33. The van der Waals surface area contributed by atoms with Crippen LogP contribution in [-0.2, 0) is 6.54 Å². The van der Waals surface area contributed by atoms with E-state index in [0.717, 1.165) is 46.5 Å². The van der Waals surface area contributed by atoms with E-state index >= 15 is 0 Å². The third-order valence-electron chi connectivity index (χ3n) is 4.55. The van der Waals surface area contributed by atoms with Gasteiger partial charge in [-0.3, -0.25) is 0 Å². The maximum atomic E-state index is 8.75. The van der Waals surface area contributed by atoms with Gasteiger partial charge in [-0.25, -0.2) is 14.6 Å². The molecule has 7 heteroatoms. The van der Waals surface area contributed by atoms with Crippen molar-refractivity contribution in [2.45, 2.75) is 32.7 Å². The van der Waals surface area contributed by atoms with E-state index in [-0.39, 0.29) is 0 Å². The molecule has 4 rings (SSSR count). The van der Waals surface area contributed by atoms with E-state index in [1.165, 1.54) is 5.56 Å². The summed E-state index contributed by atoms with van der Waals surface area (Å²) in [5, 5.41) is 18.5. The number of nitrogens with zero attached hydrogens (tertiary/aromatic N) is 6. The van der Waals surface area contributed by atoms with Crippen LogP contribution >= 0.6 is 0 Å². The maximum absolute atomic E-state index is 8.75. The standard InChI is InChI=1S/C20H19N7/c1-14-5-7-15(8-6-14)19-18(25-26-27(19)12-4-2-3-10-21)17-16-9-11-22-20(16)24-13-23-17/h5-9,11,13H,2-4,12H2,1H3,(H,22,23,24). The van der Waals surface area contributed by atoms with Crippen molar-refractivity contribution in [3.8, 4) is 28.7 Å². The number of H-pyrrole nitrogens is 1. The number of nitriles is 1. The maximum Gasteiger partial charge on any atom is 0.141 e. The Labute approximate surface area is 156 Å². The Hall–Kier alpha value is -3.53. The molecule has 1 aromatic carbocycles. The predicted molar refractivity (Wildman–Crippen MR) is 103 cm³/mol. The number of benzene rings is 1. The molecule has 0 unspecified atom stereocenters. The van der Waals surface area contributed by atoms with Gasteiger partial charge in [-0.1, -0.05) is 35.0 Å². The molecule has 0 saturated carbocycles. The molecular weight excluding hydrogens is 338 g/mol. The van der Waals surface area contributed by atoms with E-state index in [1.54, 1.807) is 6.33 Å². The first-order valence-corrected chi connectivity index (χ1v) is 8.94. The van der Waals surface area contributed by atoms with Crippen LogP contribution in [-0.4, -0.2) is 29.9 Å². The normalized spacial score (nSPS) is 11.0. The summed E-state index contributed by atoms with van der Waals surface area (Å²) < 4.78 is 1.91. The van der Waals surface area contributed by atoms with Gasteiger partial charge in [0, 0.05) is 30.1 Å². The highest BCUT2D eigenvalue weighted by molar-refractivity contribution is 5.93. The summed E-state index contributed by atoms with van der Waals surface area (Å²) in [7, 11) is 0. The number of aromatic amines is 1. The van der Waals surface area contributed by atoms with Gasteiger partial charge in [-0.05, 0) is 25.8 Å². The largest absolute Gasteiger partial charge is 0.346 e. The summed E-state index contributed by atoms with van der Waals surface area (Å²) in [5.74, 6) is 0. The molecule has 0 aliphatic heterocycles. The van der Waals surface area contributed by atoms with Gasteiger partial charge in [0.2, 0.25) is 0 Å². The Morgan fingerprint density at radius 2 is 1.93 bits per heavy atom. The highest BCUT2D eigenvalue weighted by Gasteiger charge is 2.20. The van der Waals surface area contributed by atoms with E-state index in [0.29, 0.717) is 13.0 Å². The van der Waals surface area contributed by atoms with Crippen LogP contribution in [0, 0.1) is 18.3 Å². The lowest BCUT2D eigenvalue weighted by atomic mass is 10.0. The lowest BCUT2D eigenvalue weighted by Crippen LogP contribution is -2.03. The van der Waals surface area contributed by atoms with Crippen LogP contribution in [0.3, 0.4) is 0 Å². The minimum Gasteiger partial charge on any atom is -0.346 e. The monoisotopic (exact) mass is 357 g/mol. The molecule has 134 valence electrons. The highest BCUT2D eigenvalue weighted by atomic mass is 15.4. The first-order valence-electron chi connectivity index (χ1n) is 8.94. The molecule has 0 radical (unpaired) electrons. The molecule has 3 heterocycles. The number of nitrogens with one attached hydrogen (secondary N) is 1. The van der Waals surface area contributed by atoms with Crippen molar-refractivity contribution in [1.29, 1.82) is 5.26 Å². The third-order valence-corrected chi connectivity index (χ3v) is 4.55. The fraction of sp³-hybridized carbons (Fsp3) is 0.250. The van der Waals surface area contributed by atoms with Crippen molar-refractivity contribution >= 4 is 11.0 Å². The lowest BCUT2D eigenvalue weighted by molar-refractivity contribution is 0.549.